The lowest BCUT2D eigenvalue weighted by Crippen LogP contribution is -2.72. The zero-order valence-electron chi connectivity index (χ0n) is 20.9. The SMILES string of the molecule is CC(=O)OC(O)[C@H]1O[C@H](SC[C@@H](C(=O)O)N(C)C(=O)c2ccccc2)C[C@](O)(OC(C)=O)[C@@]1(O)OC(C)=O. The summed E-state index contributed by atoms with van der Waals surface area (Å²) in [5.74, 6) is -11.9. The van der Waals surface area contributed by atoms with Crippen molar-refractivity contribution in [3.8, 4) is 0 Å². The number of aliphatic hydroxyl groups is 3. The number of nitrogens with zero attached hydrogens (tertiary/aromatic N) is 1. The van der Waals surface area contributed by atoms with Crippen LogP contribution in [0.2, 0.25) is 0 Å². The van der Waals surface area contributed by atoms with Crippen LogP contribution in [0.3, 0.4) is 0 Å². The second kappa shape index (κ2) is 12.5. The molecule has 1 aromatic rings. The number of thioether (sulfide) groups is 1. The van der Waals surface area contributed by atoms with Crippen LogP contribution in [0.25, 0.3) is 0 Å². The number of esters is 3. The Kier molecular flexibility index (Phi) is 10.2. The van der Waals surface area contributed by atoms with Gasteiger partial charge in [-0.15, -0.1) is 11.8 Å². The third-order valence-corrected chi connectivity index (χ3v) is 6.54. The first-order valence-corrected chi connectivity index (χ1v) is 12.2. The number of benzene rings is 1. The van der Waals surface area contributed by atoms with Gasteiger partial charge in [0.1, 0.15) is 11.5 Å². The van der Waals surface area contributed by atoms with Crippen LogP contribution in [0.15, 0.2) is 30.3 Å². The lowest BCUT2D eigenvalue weighted by atomic mass is 9.92. The van der Waals surface area contributed by atoms with Gasteiger partial charge in [0.15, 0.2) is 6.10 Å². The largest absolute Gasteiger partial charge is 0.480 e. The van der Waals surface area contributed by atoms with Crippen LogP contribution in [0, 0.1) is 0 Å². The molecule has 1 unspecified atom stereocenters. The molecule has 1 heterocycles. The number of aliphatic carboxylic acids is 1. The van der Waals surface area contributed by atoms with E-state index in [0.29, 0.717) is 11.8 Å². The highest BCUT2D eigenvalue weighted by Gasteiger charge is 2.68. The van der Waals surface area contributed by atoms with Gasteiger partial charge in [0.2, 0.25) is 6.29 Å². The van der Waals surface area contributed by atoms with Crippen LogP contribution < -0.4 is 0 Å². The average molecular weight is 560 g/mol. The summed E-state index contributed by atoms with van der Waals surface area (Å²) in [5.41, 5.74) is -1.10. The van der Waals surface area contributed by atoms with E-state index in [1.807, 2.05) is 0 Å². The van der Waals surface area contributed by atoms with Crippen molar-refractivity contribution in [1.29, 1.82) is 0 Å². The normalized spacial score (nSPS) is 26.4. The Balaban J connectivity index is 2.36. The Morgan fingerprint density at radius 3 is 2.13 bits per heavy atom. The topological polar surface area (TPSA) is 206 Å². The minimum Gasteiger partial charge on any atom is -0.480 e. The minimum absolute atomic E-state index is 0.236. The van der Waals surface area contributed by atoms with Gasteiger partial charge < -0.3 is 44.3 Å². The van der Waals surface area contributed by atoms with E-state index in [-0.39, 0.29) is 11.3 Å². The van der Waals surface area contributed by atoms with Crippen LogP contribution in [0.4, 0.5) is 0 Å². The summed E-state index contributed by atoms with van der Waals surface area (Å²) in [6, 6.07) is 6.50. The highest BCUT2D eigenvalue weighted by atomic mass is 32.2. The summed E-state index contributed by atoms with van der Waals surface area (Å²) in [7, 11) is 1.28. The summed E-state index contributed by atoms with van der Waals surface area (Å²) in [6.07, 6.45) is -5.33. The van der Waals surface area contributed by atoms with E-state index in [2.05, 4.69) is 4.74 Å². The van der Waals surface area contributed by atoms with Crippen molar-refractivity contribution < 1.29 is 63.3 Å². The number of carboxylic acid groups (broad SMARTS) is 1. The molecular formula is C23H29NO13S. The van der Waals surface area contributed by atoms with E-state index in [4.69, 9.17) is 14.2 Å². The van der Waals surface area contributed by atoms with Crippen LogP contribution >= 0.6 is 11.8 Å². The molecule has 4 N–H and O–H groups in total. The molecule has 0 aliphatic carbocycles. The van der Waals surface area contributed by atoms with Crippen molar-refractivity contribution in [2.75, 3.05) is 12.8 Å². The number of rotatable bonds is 10. The number of carboxylic acids is 1. The second-order valence-electron chi connectivity index (χ2n) is 8.33. The van der Waals surface area contributed by atoms with Gasteiger partial charge in [-0.05, 0) is 12.1 Å². The Bertz CT molecular complexity index is 1050. The Morgan fingerprint density at radius 1 is 1.05 bits per heavy atom. The van der Waals surface area contributed by atoms with E-state index in [1.165, 1.54) is 19.2 Å². The predicted octanol–water partition coefficient (Wildman–Crippen LogP) is -0.555. The molecule has 0 bridgehead atoms. The predicted molar refractivity (Wildman–Crippen MR) is 127 cm³/mol. The number of aliphatic hydroxyl groups excluding tert-OH is 1. The quantitative estimate of drug-likeness (QED) is 0.161. The van der Waals surface area contributed by atoms with Gasteiger partial charge in [-0.3, -0.25) is 19.2 Å². The van der Waals surface area contributed by atoms with Gasteiger partial charge in [0, 0.05) is 39.1 Å². The molecule has 1 aliphatic rings. The first kappa shape index (κ1) is 31.0. The molecule has 0 aromatic heterocycles. The lowest BCUT2D eigenvalue weighted by Gasteiger charge is -2.50. The van der Waals surface area contributed by atoms with Crippen LogP contribution in [0.1, 0.15) is 37.6 Å². The van der Waals surface area contributed by atoms with Crippen molar-refractivity contribution in [2.24, 2.45) is 0 Å². The van der Waals surface area contributed by atoms with Crippen molar-refractivity contribution >= 4 is 41.5 Å². The molecule has 210 valence electrons. The maximum atomic E-state index is 12.8. The summed E-state index contributed by atoms with van der Waals surface area (Å²) in [5, 5.41) is 42.4. The van der Waals surface area contributed by atoms with E-state index in [9.17, 15) is 44.4 Å². The molecule has 0 spiro atoms. The number of carbonyl (C=O) groups excluding carboxylic acids is 4. The Morgan fingerprint density at radius 2 is 1.63 bits per heavy atom. The molecule has 38 heavy (non-hydrogen) atoms. The highest BCUT2D eigenvalue weighted by Crippen LogP contribution is 2.44. The van der Waals surface area contributed by atoms with E-state index in [1.54, 1.807) is 18.2 Å². The van der Waals surface area contributed by atoms with Gasteiger partial charge in [0.25, 0.3) is 11.7 Å². The monoisotopic (exact) mass is 559 g/mol. The second-order valence-corrected chi connectivity index (χ2v) is 9.52. The third-order valence-electron chi connectivity index (χ3n) is 5.38. The molecule has 6 atom stereocenters. The number of likely N-dealkylation sites (N-methyl/N-ethyl adjacent to an activating group) is 1. The average Bonchev–Trinajstić information content (AvgIpc) is 2.79. The van der Waals surface area contributed by atoms with Crippen molar-refractivity contribution in [3.63, 3.8) is 0 Å². The van der Waals surface area contributed by atoms with Crippen molar-refractivity contribution in [2.45, 2.75) is 62.6 Å². The van der Waals surface area contributed by atoms with E-state index < -0.39 is 71.7 Å². The van der Waals surface area contributed by atoms with Gasteiger partial charge in [-0.2, -0.15) is 0 Å². The fourth-order valence-electron chi connectivity index (χ4n) is 3.67. The number of carbonyl (C=O) groups is 5. The molecule has 1 saturated heterocycles. The molecular weight excluding hydrogens is 530 g/mol. The van der Waals surface area contributed by atoms with Crippen LogP contribution in [-0.4, -0.2) is 103 Å². The van der Waals surface area contributed by atoms with Gasteiger partial charge in [-0.1, -0.05) is 18.2 Å². The summed E-state index contributed by atoms with van der Waals surface area (Å²) < 4.78 is 19.9. The fourth-order valence-corrected chi connectivity index (χ4v) is 4.98. The van der Waals surface area contributed by atoms with Crippen LogP contribution in [0.5, 0.6) is 0 Å². The number of ether oxygens (including phenoxy) is 4. The molecule has 1 aliphatic heterocycles. The molecule has 1 aromatic carbocycles. The Labute approximate surface area is 221 Å². The molecule has 1 amide bonds. The summed E-state index contributed by atoms with van der Waals surface area (Å²) in [6.45, 7) is 2.64. The molecule has 15 heteroatoms. The standard InChI is InChI=1S/C23H29NO13S/c1-12(25)34-21(31)18-23(33,37-14(3)27)22(32,36-13(2)26)10-17(35-18)38-11-16(20(29)30)24(4)19(28)15-8-6-5-7-9-15/h5-9,16-18,21,31-33H,10-11H2,1-4H3,(H,29,30)/t16-,17+,18+,21?,22-,23-/m0/s1. The summed E-state index contributed by atoms with van der Waals surface area (Å²) >= 11 is 0.712. The van der Waals surface area contributed by atoms with Crippen molar-refractivity contribution in [1.82, 2.24) is 4.90 Å². The Hall–Kier alpha value is -3.24. The van der Waals surface area contributed by atoms with Gasteiger partial charge >= 0.3 is 29.7 Å². The number of amides is 1. The van der Waals surface area contributed by atoms with E-state index >= 15 is 0 Å². The molecule has 0 radical (unpaired) electrons. The minimum atomic E-state index is -3.25. The number of hydrogen-bond donors (Lipinski definition) is 4. The van der Waals surface area contributed by atoms with Crippen molar-refractivity contribution in [3.05, 3.63) is 35.9 Å². The zero-order chi connectivity index (χ0) is 28.8. The molecule has 1 fully saturated rings. The zero-order valence-corrected chi connectivity index (χ0v) is 21.7. The fraction of sp³-hybridized carbons (Fsp3) is 0.522. The maximum absolute atomic E-state index is 12.8. The summed E-state index contributed by atoms with van der Waals surface area (Å²) in [4.78, 5) is 60.6. The molecule has 0 saturated carbocycles. The first-order valence-electron chi connectivity index (χ1n) is 11.1. The number of hydrogen-bond acceptors (Lipinski definition) is 13. The third kappa shape index (κ3) is 7.20. The van der Waals surface area contributed by atoms with Gasteiger partial charge in [0.05, 0.1) is 6.42 Å². The smallest absolute Gasteiger partial charge is 0.327 e. The van der Waals surface area contributed by atoms with E-state index in [0.717, 1.165) is 25.7 Å². The highest BCUT2D eigenvalue weighted by molar-refractivity contribution is 7.99. The van der Waals surface area contributed by atoms with Gasteiger partial charge in [-0.25, -0.2) is 4.79 Å². The maximum Gasteiger partial charge on any atom is 0.327 e. The first-order chi connectivity index (χ1) is 17.6. The van der Waals surface area contributed by atoms with Crippen LogP contribution in [-0.2, 0) is 38.1 Å². The lowest BCUT2D eigenvalue weighted by molar-refractivity contribution is -0.431. The molecule has 14 nitrogen and oxygen atoms in total. The molecule has 2 rings (SSSR count).